The molecule has 688 valence electrons. The van der Waals surface area contributed by atoms with Gasteiger partial charge >= 0.3 is 17.9 Å². The van der Waals surface area contributed by atoms with Crippen LogP contribution in [-0.4, -0.2) is 387 Å². The van der Waals surface area contributed by atoms with E-state index in [0.29, 0.717) is 57.8 Å². The van der Waals surface area contributed by atoms with Crippen LogP contribution in [0.3, 0.4) is 0 Å². The van der Waals surface area contributed by atoms with Gasteiger partial charge in [0.25, 0.3) is 0 Å². The lowest BCUT2D eigenvalue weighted by atomic mass is 9.33. The first-order chi connectivity index (χ1) is 56.3. The molecule has 5 aliphatic carbocycles. The lowest BCUT2D eigenvalue weighted by Crippen LogP contribution is -2.68. The minimum atomic E-state index is -2.17. The summed E-state index contributed by atoms with van der Waals surface area (Å²) in [6.07, 6.45) is -57.5. The fourth-order valence-electron chi connectivity index (χ4n) is 22.1. The molecule has 20 N–H and O–H groups in total. The van der Waals surface area contributed by atoms with Gasteiger partial charge in [-0.1, -0.05) is 74.0 Å². The molecule has 0 aromatic carbocycles. The van der Waals surface area contributed by atoms with Crippen LogP contribution in [0.15, 0.2) is 11.6 Å². The molecular weight excluding hydrogens is 1600 g/mol. The van der Waals surface area contributed by atoms with Crippen molar-refractivity contribution in [1.29, 1.82) is 0 Å². The lowest BCUT2D eigenvalue weighted by molar-refractivity contribution is -0.392. The summed E-state index contributed by atoms with van der Waals surface area (Å²) >= 11 is 0. The molecule has 4 saturated carbocycles. The van der Waals surface area contributed by atoms with Gasteiger partial charge in [-0.25, -0.2) is 4.79 Å². The standard InChI is InChI=1S/C80H128O40/c1-12-30(2)64(101)112-55-32(4)108-70(61(59(55)117-68-49(93)45(89)43(87)37(24-81)109-68)119-67-51(95)47(91)54(31(3)107-67)113-66-53(97)56(36(85)27-105-66)114-72-62(98)80(103,28-83)29-106-72)120-73(102)79-21-19-74(5,6)23-34(79)33-13-14-40-76(9)17-16-41(75(7,8)39(76)15-18-78(40,11)77(33,10)20-22-79)111-71-60(118-69-50(94)46(90)44(88)38(25-82)110-69)57(52(96)58(116-71)63(99)100)115-65-48(92)42(86)35(84)26-104-65/h13,30-32,34-62,65-72,81-98,103H,12,14-29H2,1-11H3,(H,99,100)/t30-,31?,32?,34?,35+,36?,37?,38?,39?,40?,41-,42-,43+,44-,45-,46-,47?,48?,49?,50?,51-,52-,53?,54-,55+,56-,57-,58?,59?,60?,61+,62?,65-,66-,67-,68-,69-,70-,71+,72-,76-,77+,78+,79-,80+/m0/s1. The normalized spacial score (nSPS) is 52.3. The summed E-state index contributed by atoms with van der Waals surface area (Å²) in [5, 5.41) is 220. The average molecular weight is 1730 g/mol. The van der Waals surface area contributed by atoms with Crippen molar-refractivity contribution in [3.05, 3.63) is 11.6 Å². The maximum atomic E-state index is 16.5. The molecule has 40 heteroatoms. The molecule has 45 atom stereocenters. The molecule has 8 aliphatic heterocycles. The first-order valence-corrected chi connectivity index (χ1v) is 42.1. The molecule has 0 bridgehead atoms. The van der Waals surface area contributed by atoms with Gasteiger partial charge in [0.05, 0.1) is 69.3 Å². The van der Waals surface area contributed by atoms with Gasteiger partial charge in [0.2, 0.25) is 6.29 Å². The minimum Gasteiger partial charge on any atom is -0.479 e. The van der Waals surface area contributed by atoms with Crippen LogP contribution >= 0.6 is 0 Å². The largest absolute Gasteiger partial charge is 0.479 e. The zero-order chi connectivity index (χ0) is 87.7. The third-order valence-corrected chi connectivity index (χ3v) is 29.9. The summed E-state index contributed by atoms with van der Waals surface area (Å²) in [5.74, 6) is -4.59. The van der Waals surface area contributed by atoms with Gasteiger partial charge in [0.1, 0.15) is 140 Å². The van der Waals surface area contributed by atoms with Crippen molar-refractivity contribution in [3.63, 3.8) is 0 Å². The summed E-state index contributed by atoms with van der Waals surface area (Å²) in [6, 6.07) is 0. The van der Waals surface area contributed by atoms with E-state index in [4.69, 9.17) is 80.5 Å². The SMILES string of the molecule is CC[C@H](C)C(=O)O[C@@H]1C(C)O[C@@H](OC(=O)[C@]23CCC(C)(C)CC2C2=CCC4[C@@]5(C)CC[C@H](O[C@@H]6OC(C(=O)O)[C@@H](O)[C@H](O[C@@H]7OC[C@@H](O)[C@H](O)C7O)C6O[C@@H]6OC(CO)[C@H](O)[C@H](O)C6O)C(C)(C)C5CC[C@@]4(C)[C@]2(C)CC3)[C@H](O[C@@H]2OC(C)[C@H](O[C@@H]3OCC(O)[C@H](O[C@@H]4OC[C@](O)(CO)C4O)C3O)C(O)[C@@H]2O)C1O[C@@H]1OC(CO)[C@@H](O)[C@H](O)C1O. The topological polar surface area (TPSA) is 613 Å². The Morgan fingerprint density at radius 3 is 1.62 bits per heavy atom. The smallest absolute Gasteiger partial charge is 0.335 e. The van der Waals surface area contributed by atoms with Crippen LogP contribution in [0.1, 0.15) is 147 Å². The molecule has 0 aromatic heterocycles. The van der Waals surface area contributed by atoms with Crippen molar-refractivity contribution < 1.29 is 197 Å². The number of rotatable bonds is 23. The highest BCUT2D eigenvalue weighted by Gasteiger charge is 2.72. The van der Waals surface area contributed by atoms with E-state index in [9.17, 15) is 112 Å². The Morgan fingerprint density at radius 2 is 1.02 bits per heavy atom. The number of esters is 2. The number of aliphatic hydroxyl groups is 19. The number of carbonyl (C=O) groups excluding carboxylic acids is 2. The van der Waals surface area contributed by atoms with Gasteiger partial charge in [-0.05, 0) is 129 Å². The Kier molecular flexibility index (Phi) is 28.3. The quantitative estimate of drug-likeness (QED) is 0.0259. The number of allylic oxidation sites excluding steroid dienone is 2. The number of carbonyl (C=O) groups is 3. The van der Waals surface area contributed by atoms with Gasteiger partial charge < -0.3 is 183 Å². The van der Waals surface area contributed by atoms with E-state index in [1.54, 1.807) is 13.8 Å². The molecule has 13 rings (SSSR count). The second kappa shape index (κ2) is 36.0. The number of aliphatic carboxylic acids is 1. The first-order valence-electron chi connectivity index (χ1n) is 42.1. The van der Waals surface area contributed by atoms with Crippen LogP contribution < -0.4 is 0 Å². The number of hydrogen-bond acceptors (Lipinski definition) is 39. The van der Waals surface area contributed by atoms with Gasteiger partial charge in [-0.15, -0.1) is 0 Å². The minimum absolute atomic E-state index is 0.0280. The number of aliphatic hydroxyl groups excluding tert-OH is 18. The number of fused-ring (bicyclic) bond motifs is 7. The molecule has 8 heterocycles. The number of carboxylic acids is 1. The molecule has 13 aliphatic rings. The second-order valence-corrected chi connectivity index (χ2v) is 38.0. The highest BCUT2D eigenvalue weighted by molar-refractivity contribution is 5.79. The van der Waals surface area contributed by atoms with Crippen LogP contribution in [0, 0.1) is 56.2 Å². The third-order valence-electron chi connectivity index (χ3n) is 29.9. The van der Waals surface area contributed by atoms with Gasteiger partial charge in [0.15, 0.2) is 62.3 Å². The molecule has 0 aromatic rings. The maximum absolute atomic E-state index is 16.5. The Balaban J connectivity index is 0.787. The number of carboxylic acid groups (broad SMARTS) is 1. The molecule has 40 nitrogen and oxygen atoms in total. The van der Waals surface area contributed by atoms with E-state index >= 15 is 4.79 Å². The average Bonchev–Trinajstić information content (AvgIpc) is 0.701. The molecule has 17 unspecified atom stereocenters. The van der Waals surface area contributed by atoms with Crippen LogP contribution in [0.25, 0.3) is 0 Å². The lowest BCUT2D eigenvalue weighted by Gasteiger charge is -2.71. The first kappa shape index (κ1) is 94.4. The van der Waals surface area contributed by atoms with Crippen molar-refractivity contribution in [2.75, 3.05) is 39.6 Å². The van der Waals surface area contributed by atoms with E-state index in [1.807, 2.05) is 13.8 Å². The predicted octanol–water partition coefficient (Wildman–Crippen LogP) is -5.08. The van der Waals surface area contributed by atoms with Crippen molar-refractivity contribution in [3.8, 4) is 0 Å². The fraction of sp³-hybridized carbons (Fsp3) is 0.938. The van der Waals surface area contributed by atoms with E-state index in [0.717, 1.165) is 5.57 Å². The van der Waals surface area contributed by atoms with Crippen molar-refractivity contribution in [2.24, 2.45) is 56.2 Å². The predicted molar refractivity (Wildman–Crippen MR) is 396 cm³/mol. The summed E-state index contributed by atoms with van der Waals surface area (Å²) in [6.45, 7) is 17.0. The van der Waals surface area contributed by atoms with Crippen molar-refractivity contribution in [2.45, 2.75) is 374 Å². The molecule has 0 amide bonds. The molecule has 12 fully saturated rings. The zero-order valence-electron chi connectivity index (χ0n) is 69.3. The highest BCUT2D eigenvalue weighted by atomic mass is 16.8. The molecule has 8 saturated heterocycles. The summed E-state index contributed by atoms with van der Waals surface area (Å²) < 4.78 is 105. The Bertz CT molecular complexity index is 3540. The van der Waals surface area contributed by atoms with E-state index in [2.05, 4.69) is 40.7 Å². The van der Waals surface area contributed by atoms with Crippen molar-refractivity contribution >= 4 is 17.9 Å². The number of hydrogen-bond donors (Lipinski definition) is 20. The van der Waals surface area contributed by atoms with Gasteiger partial charge in [0, 0.05) is 0 Å². The summed E-state index contributed by atoms with van der Waals surface area (Å²) in [5.41, 5.74) is -5.06. The van der Waals surface area contributed by atoms with Crippen molar-refractivity contribution in [1.82, 2.24) is 0 Å². The second-order valence-electron chi connectivity index (χ2n) is 38.0. The molecule has 120 heavy (non-hydrogen) atoms. The zero-order valence-corrected chi connectivity index (χ0v) is 69.3. The van der Waals surface area contributed by atoms with Gasteiger partial charge in [-0.3, -0.25) is 9.59 Å². The highest BCUT2D eigenvalue weighted by Crippen LogP contribution is 2.76. The summed E-state index contributed by atoms with van der Waals surface area (Å²) in [4.78, 5) is 43.7. The van der Waals surface area contributed by atoms with E-state index < -0.39 is 323 Å². The van der Waals surface area contributed by atoms with Crippen LogP contribution in [0.4, 0.5) is 0 Å². The van der Waals surface area contributed by atoms with Crippen LogP contribution in [0.2, 0.25) is 0 Å². The Hall–Kier alpha value is -3.21. The molecular formula is C80H128O40. The molecule has 0 radical (unpaired) electrons. The van der Waals surface area contributed by atoms with Gasteiger partial charge in [-0.2, -0.15) is 0 Å². The fourth-order valence-corrected chi connectivity index (χ4v) is 22.1. The van der Waals surface area contributed by atoms with E-state index in [-0.39, 0.29) is 30.1 Å². The van der Waals surface area contributed by atoms with Crippen LogP contribution in [0.5, 0.6) is 0 Å². The number of ether oxygens (including phenoxy) is 17. The molecule has 0 spiro atoms. The third kappa shape index (κ3) is 16.9. The maximum Gasteiger partial charge on any atom is 0.335 e. The summed E-state index contributed by atoms with van der Waals surface area (Å²) in [7, 11) is 0. The Labute approximate surface area is 693 Å². The van der Waals surface area contributed by atoms with Crippen LogP contribution in [-0.2, 0) is 94.9 Å². The Morgan fingerprint density at radius 1 is 0.492 bits per heavy atom. The monoisotopic (exact) mass is 1730 g/mol. The van der Waals surface area contributed by atoms with E-state index in [1.165, 1.54) is 13.8 Å².